The van der Waals surface area contributed by atoms with Gasteiger partial charge in [-0.25, -0.2) is 0 Å². The standard InChI is InChI=1S/C12H17NS/c1-9(10-6-7-10)13-11-4-3-5-12(8-11)14-2/h3-5,8-10,13H,6-7H2,1-2H3/t9-/m1/s1. The van der Waals surface area contributed by atoms with Crippen LogP contribution in [0.15, 0.2) is 29.2 Å². The largest absolute Gasteiger partial charge is 0.382 e. The smallest absolute Gasteiger partial charge is 0.0353 e. The van der Waals surface area contributed by atoms with Gasteiger partial charge in [0.2, 0.25) is 0 Å². The van der Waals surface area contributed by atoms with Gasteiger partial charge in [0, 0.05) is 16.6 Å². The Hall–Kier alpha value is -0.630. The molecular formula is C12H17NS. The van der Waals surface area contributed by atoms with Crippen molar-refractivity contribution >= 4 is 17.4 Å². The Bertz CT molecular complexity index is 307. The van der Waals surface area contributed by atoms with Crippen molar-refractivity contribution in [3.63, 3.8) is 0 Å². The molecule has 2 rings (SSSR count). The van der Waals surface area contributed by atoms with E-state index in [4.69, 9.17) is 0 Å². The first-order chi connectivity index (χ1) is 6.79. The molecule has 76 valence electrons. The van der Waals surface area contributed by atoms with E-state index < -0.39 is 0 Å². The van der Waals surface area contributed by atoms with E-state index in [9.17, 15) is 0 Å². The van der Waals surface area contributed by atoms with E-state index in [1.54, 1.807) is 11.8 Å². The molecule has 1 aromatic rings. The van der Waals surface area contributed by atoms with Crippen LogP contribution >= 0.6 is 11.8 Å². The summed E-state index contributed by atoms with van der Waals surface area (Å²) < 4.78 is 0. The molecule has 1 saturated carbocycles. The minimum atomic E-state index is 0.632. The van der Waals surface area contributed by atoms with Crippen molar-refractivity contribution in [1.29, 1.82) is 0 Å². The predicted octanol–water partition coefficient (Wildman–Crippen LogP) is 3.62. The van der Waals surface area contributed by atoms with Crippen LogP contribution in [0.25, 0.3) is 0 Å². The van der Waals surface area contributed by atoms with Crippen LogP contribution in [0.2, 0.25) is 0 Å². The number of anilines is 1. The first-order valence-electron chi connectivity index (χ1n) is 5.20. The summed E-state index contributed by atoms with van der Waals surface area (Å²) in [5.74, 6) is 0.910. The fourth-order valence-corrected chi connectivity index (χ4v) is 2.15. The molecular weight excluding hydrogens is 190 g/mol. The third kappa shape index (κ3) is 2.44. The summed E-state index contributed by atoms with van der Waals surface area (Å²) in [6.45, 7) is 2.28. The zero-order valence-electron chi connectivity index (χ0n) is 8.79. The van der Waals surface area contributed by atoms with Gasteiger partial charge in [0.15, 0.2) is 0 Å². The van der Waals surface area contributed by atoms with E-state index in [-0.39, 0.29) is 0 Å². The molecule has 1 nitrogen and oxygen atoms in total. The molecule has 0 heterocycles. The molecule has 0 bridgehead atoms. The van der Waals surface area contributed by atoms with Gasteiger partial charge in [-0.15, -0.1) is 11.8 Å². The molecule has 0 saturated heterocycles. The van der Waals surface area contributed by atoms with Crippen molar-refractivity contribution in [1.82, 2.24) is 0 Å². The number of thioether (sulfide) groups is 1. The van der Waals surface area contributed by atoms with Gasteiger partial charge >= 0.3 is 0 Å². The number of nitrogens with one attached hydrogen (secondary N) is 1. The molecule has 0 aromatic heterocycles. The highest BCUT2D eigenvalue weighted by Gasteiger charge is 2.27. The summed E-state index contributed by atoms with van der Waals surface area (Å²) in [5.41, 5.74) is 1.26. The van der Waals surface area contributed by atoms with Crippen LogP contribution in [0.3, 0.4) is 0 Å². The number of rotatable bonds is 4. The molecule has 0 radical (unpaired) electrons. The third-order valence-corrected chi connectivity index (χ3v) is 3.52. The summed E-state index contributed by atoms with van der Waals surface area (Å²) in [6.07, 6.45) is 4.91. The maximum atomic E-state index is 3.57. The van der Waals surface area contributed by atoms with E-state index in [0.717, 1.165) is 5.92 Å². The average molecular weight is 207 g/mol. The molecule has 1 aliphatic carbocycles. The number of hydrogen-bond acceptors (Lipinski definition) is 2. The SMILES string of the molecule is CSc1cccc(N[C@H](C)C2CC2)c1. The topological polar surface area (TPSA) is 12.0 Å². The fraction of sp³-hybridized carbons (Fsp3) is 0.500. The molecule has 1 N–H and O–H groups in total. The highest BCUT2D eigenvalue weighted by molar-refractivity contribution is 7.98. The summed E-state index contributed by atoms with van der Waals surface area (Å²) in [4.78, 5) is 1.33. The third-order valence-electron chi connectivity index (χ3n) is 2.79. The van der Waals surface area contributed by atoms with Crippen molar-refractivity contribution in [2.45, 2.75) is 30.7 Å². The Balaban J connectivity index is 2.00. The second-order valence-corrected chi connectivity index (χ2v) is 4.88. The molecule has 0 amide bonds. The Morgan fingerprint density at radius 3 is 2.86 bits per heavy atom. The van der Waals surface area contributed by atoms with Gasteiger partial charge in [-0.1, -0.05) is 6.07 Å². The summed E-state index contributed by atoms with van der Waals surface area (Å²) in [7, 11) is 0. The van der Waals surface area contributed by atoms with E-state index in [0.29, 0.717) is 6.04 Å². The Labute approximate surface area is 90.3 Å². The van der Waals surface area contributed by atoms with Crippen LogP contribution < -0.4 is 5.32 Å². The van der Waals surface area contributed by atoms with E-state index in [2.05, 4.69) is 42.8 Å². The lowest BCUT2D eigenvalue weighted by Crippen LogP contribution is -2.16. The van der Waals surface area contributed by atoms with Gasteiger partial charge in [-0.2, -0.15) is 0 Å². The van der Waals surface area contributed by atoms with Crippen LogP contribution in [0.4, 0.5) is 5.69 Å². The summed E-state index contributed by atoms with van der Waals surface area (Å²) >= 11 is 1.79. The molecule has 0 aliphatic heterocycles. The molecule has 0 unspecified atom stereocenters. The van der Waals surface area contributed by atoms with Gasteiger partial charge in [-0.3, -0.25) is 0 Å². The first-order valence-corrected chi connectivity index (χ1v) is 6.42. The Morgan fingerprint density at radius 2 is 2.21 bits per heavy atom. The minimum absolute atomic E-state index is 0.632. The second-order valence-electron chi connectivity index (χ2n) is 4.00. The van der Waals surface area contributed by atoms with Gasteiger partial charge in [0.25, 0.3) is 0 Å². The van der Waals surface area contributed by atoms with E-state index in [1.165, 1.54) is 23.4 Å². The van der Waals surface area contributed by atoms with E-state index >= 15 is 0 Å². The second kappa shape index (κ2) is 4.26. The molecule has 2 heteroatoms. The van der Waals surface area contributed by atoms with Crippen molar-refractivity contribution < 1.29 is 0 Å². The molecule has 1 aliphatic rings. The van der Waals surface area contributed by atoms with Crippen molar-refractivity contribution in [2.75, 3.05) is 11.6 Å². The average Bonchev–Trinajstić information content (AvgIpc) is 3.01. The quantitative estimate of drug-likeness (QED) is 0.757. The summed E-state index contributed by atoms with van der Waals surface area (Å²) in [5, 5.41) is 3.57. The molecule has 14 heavy (non-hydrogen) atoms. The van der Waals surface area contributed by atoms with Crippen LogP contribution in [-0.4, -0.2) is 12.3 Å². The highest BCUT2D eigenvalue weighted by atomic mass is 32.2. The van der Waals surface area contributed by atoms with Crippen molar-refractivity contribution in [2.24, 2.45) is 5.92 Å². The highest BCUT2D eigenvalue weighted by Crippen LogP contribution is 2.34. The number of hydrogen-bond donors (Lipinski definition) is 1. The Kier molecular flexibility index (Phi) is 3.02. The van der Waals surface area contributed by atoms with Gasteiger partial charge in [0.1, 0.15) is 0 Å². The molecule has 0 spiro atoms. The van der Waals surface area contributed by atoms with Crippen LogP contribution in [0.5, 0.6) is 0 Å². The predicted molar refractivity (Wildman–Crippen MR) is 64.0 cm³/mol. The monoisotopic (exact) mass is 207 g/mol. The summed E-state index contributed by atoms with van der Waals surface area (Å²) in [6, 6.07) is 9.28. The van der Waals surface area contributed by atoms with Gasteiger partial charge < -0.3 is 5.32 Å². The van der Waals surface area contributed by atoms with E-state index in [1.807, 2.05) is 0 Å². The number of benzene rings is 1. The maximum Gasteiger partial charge on any atom is 0.0353 e. The van der Waals surface area contributed by atoms with Crippen molar-refractivity contribution in [3.8, 4) is 0 Å². The zero-order valence-corrected chi connectivity index (χ0v) is 9.60. The first kappa shape index (κ1) is 9.91. The zero-order chi connectivity index (χ0) is 9.97. The Morgan fingerprint density at radius 1 is 1.43 bits per heavy atom. The molecule has 1 atom stereocenters. The van der Waals surface area contributed by atoms with Crippen LogP contribution in [-0.2, 0) is 0 Å². The van der Waals surface area contributed by atoms with Crippen LogP contribution in [0, 0.1) is 5.92 Å². The van der Waals surface area contributed by atoms with Gasteiger partial charge in [0.05, 0.1) is 0 Å². The lowest BCUT2D eigenvalue weighted by molar-refractivity contribution is 0.694. The maximum absolute atomic E-state index is 3.57. The molecule has 1 fully saturated rings. The fourth-order valence-electron chi connectivity index (χ4n) is 1.69. The lowest BCUT2D eigenvalue weighted by atomic mass is 10.2. The van der Waals surface area contributed by atoms with Gasteiger partial charge in [-0.05, 0) is 50.1 Å². The van der Waals surface area contributed by atoms with Crippen LogP contribution in [0.1, 0.15) is 19.8 Å². The van der Waals surface area contributed by atoms with Crippen molar-refractivity contribution in [3.05, 3.63) is 24.3 Å². The molecule has 1 aromatic carbocycles. The normalized spacial score (nSPS) is 17.9. The minimum Gasteiger partial charge on any atom is -0.382 e. The lowest BCUT2D eigenvalue weighted by Gasteiger charge is -2.14.